The number of rotatable bonds is 5. The molecule has 1 aromatic rings. The molecule has 0 aromatic heterocycles. The number of amides is 1. The molecule has 1 rings (SSSR count). The van der Waals surface area contributed by atoms with Crippen LogP contribution < -0.4 is 5.73 Å². The van der Waals surface area contributed by atoms with Crippen molar-refractivity contribution < 1.29 is 14.7 Å². The molecule has 1 amide bonds. The number of hydrogen-bond acceptors (Lipinski definition) is 3. The number of primary amides is 1. The van der Waals surface area contributed by atoms with Crippen LogP contribution in [0.25, 0.3) is 0 Å². The normalized spacial score (nSPS) is 12.1. The zero-order valence-electron chi connectivity index (χ0n) is 9.14. The molecule has 3 N–H and O–H groups in total. The highest BCUT2D eigenvalue weighted by Crippen LogP contribution is 2.26. The van der Waals surface area contributed by atoms with Gasteiger partial charge in [0.25, 0.3) is 0 Å². The van der Waals surface area contributed by atoms with Gasteiger partial charge in [-0.2, -0.15) is 0 Å². The van der Waals surface area contributed by atoms with Crippen LogP contribution in [-0.2, 0) is 4.79 Å². The third-order valence-electron chi connectivity index (χ3n) is 2.15. The maximum atomic E-state index is 10.9. The van der Waals surface area contributed by atoms with Crippen molar-refractivity contribution in [2.24, 2.45) is 11.7 Å². The molecule has 0 heterocycles. The summed E-state index contributed by atoms with van der Waals surface area (Å²) in [6.07, 6.45) is 0. The van der Waals surface area contributed by atoms with E-state index in [4.69, 9.17) is 22.4 Å². The Morgan fingerprint density at radius 1 is 1.53 bits per heavy atom. The molecule has 0 saturated carbocycles. The number of thioether (sulfide) groups is 1. The average Bonchev–Trinajstić information content (AvgIpc) is 2.26. The predicted molar refractivity (Wildman–Crippen MR) is 67.5 cm³/mol. The zero-order valence-corrected chi connectivity index (χ0v) is 10.7. The summed E-state index contributed by atoms with van der Waals surface area (Å²) in [5, 5.41) is 9.09. The molecule has 0 aliphatic carbocycles. The molecule has 0 aliphatic rings. The number of halogens is 1. The van der Waals surface area contributed by atoms with Crippen molar-refractivity contribution in [3.8, 4) is 0 Å². The minimum Gasteiger partial charge on any atom is -0.478 e. The summed E-state index contributed by atoms with van der Waals surface area (Å²) in [5.74, 6) is -1.19. The Labute approximate surface area is 108 Å². The van der Waals surface area contributed by atoms with Crippen LogP contribution in [0.4, 0.5) is 0 Å². The van der Waals surface area contributed by atoms with Crippen molar-refractivity contribution in [2.75, 3.05) is 5.75 Å². The van der Waals surface area contributed by atoms with Gasteiger partial charge in [-0.1, -0.05) is 18.5 Å². The lowest BCUT2D eigenvalue weighted by atomic mass is 10.2. The molecule has 0 aliphatic heterocycles. The van der Waals surface area contributed by atoms with E-state index in [0.29, 0.717) is 5.75 Å². The fraction of sp³-hybridized carbons (Fsp3) is 0.273. The number of nitrogens with two attached hydrogens (primary N) is 1. The summed E-state index contributed by atoms with van der Waals surface area (Å²) in [7, 11) is 0. The van der Waals surface area contributed by atoms with Crippen LogP contribution in [-0.4, -0.2) is 22.7 Å². The van der Waals surface area contributed by atoms with Gasteiger partial charge in [-0.05, 0) is 18.2 Å². The van der Waals surface area contributed by atoms with Gasteiger partial charge in [0, 0.05) is 16.6 Å². The van der Waals surface area contributed by atoms with Crippen molar-refractivity contribution in [3.63, 3.8) is 0 Å². The maximum absolute atomic E-state index is 10.9. The van der Waals surface area contributed by atoms with Gasteiger partial charge < -0.3 is 10.8 Å². The van der Waals surface area contributed by atoms with Gasteiger partial charge in [-0.25, -0.2) is 4.79 Å². The number of carbonyl (C=O) groups excluding carboxylic acids is 1. The Bertz CT molecular complexity index is 450. The van der Waals surface area contributed by atoms with Crippen molar-refractivity contribution in [2.45, 2.75) is 11.8 Å². The van der Waals surface area contributed by atoms with E-state index >= 15 is 0 Å². The zero-order chi connectivity index (χ0) is 13.0. The first-order valence-electron chi connectivity index (χ1n) is 4.86. The molecule has 0 saturated heterocycles. The van der Waals surface area contributed by atoms with Gasteiger partial charge in [-0.3, -0.25) is 4.79 Å². The highest BCUT2D eigenvalue weighted by Gasteiger charge is 2.12. The molecule has 1 aromatic carbocycles. The highest BCUT2D eigenvalue weighted by atomic mass is 35.5. The molecule has 0 fully saturated rings. The fourth-order valence-corrected chi connectivity index (χ4v) is 2.23. The van der Waals surface area contributed by atoms with Gasteiger partial charge >= 0.3 is 5.97 Å². The standard InChI is InChI=1S/C11H12ClNO3S/c1-6(10(13)14)5-17-7-2-3-9(12)8(4-7)11(15)16/h2-4,6H,5H2,1H3,(H2,13,14)(H,15,16). The second-order valence-corrected chi connectivity index (χ2v) is 5.06. The van der Waals surface area contributed by atoms with Gasteiger partial charge in [0.15, 0.2) is 0 Å². The maximum Gasteiger partial charge on any atom is 0.337 e. The smallest absolute Gasteiger partial charge is 0.337 e. The topological polar surface area (TPSA) is 80.4 Å². The van der Waals surface area contributed by atoms with Crippen LogP contribution in [0.1, 0.15) is 17.3 Å². The Morgan fingerprint density at radius 3 is 2.71 bits per heavy atom. The Morgan fingerprint density at radius 2 is 2.18 bits per heavy atom. The van der Waals surface area contributed by atoms with E-state index < -0.39 is 5.97 Å². The molecule has 0 radical (unpaired) electrons. The largest absolute Gasteiger partial charge is 0.478 e. The summed E-state index contributed by atoms with van der Waals surface area (Å²) in [6.45, 7) is 1.73. The third kappa shape index (κ3) is 3.94. The van der Waals surface area contributed by atoms with Gasteiger partial charge in [0.2, 0.25) is 5.91 Å². The molecule has 0 bridgehead atoms. The number of benzene rings is 1. The van der Waals surface area contributed by atoms with Gasteiger partial charge in [-0.15, -0.1) is 11.8 Å². The minimum atomic E-state index is -1.07. The first kappa shape index (κ1) is 13.9. The van der Waals surface area contributed by atoms with E-state index in [2.05, 4.69) is 0 Å². The van der Waals surface area contributed by atoms with Crippen molar-refractivity contribution in [1.82, 2.24) is 0 Å². The minimum absolute atomic E-state index is 0.0587. The Hall–Kier alpha value is -1.20. The number of carbonyl (C=O) groups is 2. The van der Waals surface area contributed by atoms with E-state index in [9.17, 15) is 9.59 Å². The lowest BCUT2D eigenvalue weighted by molar-refractivity contribution is -0.120. The van der Waals surface area contributed by atoms with Crippen LogP contribution in [0.2, 0.25) is 5.02 Å². The van der Waals surface area contributed by atoms with E-state index in [0.717, 1.165) is 4.90 Å². The summed E-state index contributed by atoms with van der Waals surface area (Å²) in [4.78, 5) is 22.4. The van der Waals surface area contributed by atoms with Crippen LogP contribution >= 0.6 is 23.4 Å². The molecule has 6 heteroatoms. The van der Waals surface area contributed by atoms with Gasteiger partial charge in [0.1, 0.15) is 0 Å². The number of aromatic carboxylic acids is 1. The van der Waals surface area contributed by atoms with E-state index in [-0.39, 0.29) is 22.4 Å². The quantitative estimate of drug-likeness (QED) is 0.807. The summed E-state index contributed by atoms with van der Waals surface area (Å²) in [6, 6.07) is 4.73. The second kappa shape index (κ2) is 5.93. The first-order chi connectivity index (χ1) is 7.91. The average molecular weight is 274 g/mol. The van der Waals surface area contributed by atoms with Crippen LogP contribution in [0.15, 0.2) is 23.1 Å². The fourth-order valence-electron chi connectivity index (χ4n) is 1.06. The monoisotopic (exact) mass is 273 g/mol. The summed E-state index contributed by atoms with van der Waals surface area (Å²) < 4.78 is 0. The summed E-state index contributed by atoms with van der Waals surface area (Å²) >= 11 is 7.11. The molecular formula is C11H12ClNO3S. The molecule has 0 spiro atoms. The third-order valence-corrected chi connectivity index (χ3v) is 3.74. The highest BCUT2D eigenvalue weighted by molar-refractivity contribution is 7.99. The summed E-state index contributed by atoms with van der Waals surface area (Å²) in [5.41, 5.74) is 5.19. The second-order valence-electron chi connectivity index (χ2n) is 3.56. The lowest BCUT2D eigenvalue weighted by Gasteiger charge is -2.07. The molecule has 1 atom stereocenters. The molecule has 17 heavy (non-hydrogen) atoms. The van der Waals surface area contributed by atoms with E-state index in [1.54, 1.807) is 13.0 Å². The Balaban J connectivity index is 2.76. The van der Waals surface area contributed by atoms with Crippen molar-refractivity contribution in [3.05, 3.63) is 28.8 Å². The van der Waals surface area contributed by atoms with Crippen LogP contribution in [0.3, 0.4) is 0 Å². The molecular weight excluding hydrogens is 262 g/mol. The number of carboxylic acid groups (broad SMARTS) is 1. The van der Waals surface area contributed by atoms with Crippen molar-refractivity contribution >= 4 is 35.2 Å². The van der Waals surface area contributed by atoms with E-state index in [1.165, 1.54) is 23.9 Å². The van der Waals surface area contributed by atoms with Crippen LogP contribution in [0.5, 0.6) is 0 Å². The SMILES string of the molecule is CC(CSc1ccc(Cl)c(C(=O)O)c1)C(N)=O. The number of hydrogen-bond donors (Lipinski definition) is 2. The van der Waals surface area contributed by atoms with Crippen LogP contribution in [0, 0.1) is 5.92 Å². The molecule has 1 unspecified atom stereocenters. The van der Waals surface area contributed by atoms with Crippen molar-refractivity contribution in [1.29, 1.82) is 0 Å². The molecule has 4 nitrogen and oxygen atoms in total. The molecule has 92 valence electrons. The predicted octanol–water partition coefficient (Wildman–Crippen LogP) is 2.25. The first-order valence-corrected chi connectivity index (χ1v) is 6.23. The lowest BCUT2D eigenvalue weighted by Crippen LogP contribution is -2.22. The Kier molecular flexibility index (Phi) is 4.84. The van der Waals surface area contributed by atoms with Gasteiger partial charge in [0.05, 0.1) is 10.6 Å². The van der Waals surface area contributed by atoms with E-state index in [1.807, 2.05) is 0 Å². The number of carboxylic acids is 1.